The summed E-state index contributed by atoms with van der Waals surface area (Å²) >= 11 is 3.96. The lowest BCUT2D eigenvalue weighted by molar-refractivity contribution is -0.0879. The Hall–Kier alpha value is 0.170. The van der Waals surface area contributed by atoms with Crippen LogP contribution in [0, 0.1) is 5.92 Å². The lowest BCUT2D eigenvalue weighted by Gasteiger charge is -2.32. The second-order valence-electron chi connectivity index (χ2n) is 3.88. The minimum Gasteiger partial charge on any atom is -0.368 e. The van der Waals surface area contributed by atoms with Crippen LogP contribution >= 0.6 is 12.6 Å². The maximum absolute atomic E-state index is 13.3. The zero-order chi connectivity index (χ0) is 10.6. The summed E-state index contributed by atoms with van der Waals surface area (Å²) in [6.07, 6.45) is 2.77. The molecule has 0 radical (unpaired) electrons. The summed E-state index contributed by atoms with van der Waals surface area (Å²) in [5.41, 5.74) is 0. The van der Waals surface area contributed by atoms with Crippen molar-refractivity contribution in [3.63, 3.8) is 0 Å². The van der Waals surface area contributed by atoms with Crippen LogP contribution < -0.4 is 0 Å². The highest BCUT2D eigenvalue weighted by Gasteiger charge is 2.39. The second-order valence-corrected chi connectivity index (χ2v) is 4.14. The Kier molecular flexibility index (Phi) is 4.64. The minimum atomic E-state index is -2.48. The molecule has 0 aliphatic heterocycles. The van der Waals surface area contributed by atoms with Gasteiger partial charge in [0.25, 0.3) is 5.92 Å². The van der Waals surface area contributed by atoms with Crippen LogP contribution in [0.1, 0.15) is 39.0 Å². The number of alkyl halides is 2. The fourth-order valence-electron chi connectivity index (χ4n) is 2.05. The number of halogens is 2. The van der Waals surface area contributed by atoms with E-state index in [9.17, 15) is 8.78 Å². The Labute approximate surface area is 89.6 Å². The van der Waals surface area contributed by atoms with Gasteiger partial charge in [0.05, 0.1) is 12.0 Å². The van der Waals surface area contributed by atoms with E-state index in [-0.39, 0.29) is 12.5 Å². The molecule has 1 aliphatic carbocycles. The standard InChI is InChI=1S/C10H18F2OS/c1-2-10(11,12)8-3-5-9(6-4-8)13-7-14/h8-9,14H,2-7H2,1H3. The van der Waals surface area contributed by atoms with Crippen LogP contribution in [0.3, 0.4) is 0 Å². The third-order valence-corrected chi connectivity index (χ3v) is 3.20. The maximum atomic E-state index is 13.3. The molecule has 0 aromatic rings. The van der Waals surface area contributed by atoms with Gasteiger partial charge in [-0.1, -0.05) is 6.92 Å². The van der Waals surface area contributed by atoms with Gasteiger partial charge < -0.3 is 4.74 Å². The molecule has 0 spiro atoms. The van der Waals surface area contributed by atoms with Crippen molar-refractivity contribution in [1.82, 2.24) is 0 Å². The minimum absolute atomic E-state index is 0.0459. The molecule has 0 unspecified atom stereocenters. The third-order valence-electron chi connectivity index (χ3n) is 3.05. The van der Waals surface area contributed by atoms with Gasteiger partial charge in [0, 0.05) is 12.3 Å². The van der Waals surface area contributed by atoms with Crippen LogP contribution in [-0.2, 0) is 4.74 Å². The predicted molar refractivity (Wildman–Crippen MR) is 55.9 cm³/mol. The van der Waals surface area contributed by atoms with Crippen molar-refractivity contribution in [3.05, 3.63) is 0 Å². The molecular formula is C10H18F2OS. The topological polar surface area (TPSA) is 9.23 Å². The van der Waals surface area contributed by atoms with Gasteiger partial charge in [-0.25, -0.2) is 8.78 Å². The molecule has 84 valence electrons. The first-order valence-corrected chi connectivity index (χ1v) is 5.83. The summed E-state index contributed by atoms with van der Waals surface area (Å²) in [5, 5.41) is 0. The highest BCUT2D eigenvalue weighted by Crippen LogP contribution is 2.39. The Morgan fingerprint density at radius 1 is 1.29 bits per heavy atom. The smallest absolute Gasteiger partial charge is 0.250 e. The number of hydrogen-bond donors (Lipinski definition) is 1. The van der Waals surface area contributed by atoms with Crippen molar-refractivity contribution < 1.29 is 13.5 Å². The average Bonchev–Trinajstić information content (AvgIpc) is 2.19. The van der Waals surface area contributed by atoms with E-state index >= 15 is 0 Å². The molecule has 0 heterocycles. The van der Waals surface area contributed by atoms with Crippen molar-refractivity contribution in [1.29, 1.82) is 0 Å². The number of hydrogen-bond acceptors (Lipinski definition) is 2. The monoisotopic (exact) mass is 224 g/mol. The maximum Gasteiger partial charge on any atom is 0.250 e. The zero-order valence-corrected chi connectivity index (χ0v) is 9.40. The second kappa shape index (κ2) is 5.31. The molecule has 14 heavy (non-hydrogen) atoms. The largest absolute Gasteiger partial charge is 0.368 e. The highest BCUT2D eigenvalue weighted by atomic mass is 32.1. The van der Waals surface area contributed by atoms with E-state index in [0.717, 1.165) is 12.8 Å². The van der Waals surface area contributed by atoms with Gasteiger partial charge in [0.1, 0.15) is 0 Å². The quantitative estimate of drug-likeness (QED) is 0.568. The van der Waals surface area contributed by atoms with Crippen LogP contribution in [0.4, 0.5) is 8.78 Å². The van der Waals surface area contributed by atoms with Crippen LogP contribution in [0.25, 0.3) is 0 Å². The van der Waals surface area contributed by atoms with Gasteiger partial charge in [-0.15, -0.1) is 0 Å². The van der Waals surface area contributed by atoms with E-state index in [0.29, 0.717) is 18.8 Å². The summed E-state index contributed by atoms with van der Waals surface area (Å²) in [5.74, 6) is -2.53. The van der Waals surface area contributed by atoms with E-state index in [2.05, 4.69) is 12.6 Å². The van der Waals surface area contributed by atoms with Gasteiger partial charge in [-0.05, 0) is 25.7 Å². The fourth-order valence-corrected chi connectivity index (χ4v) is 2.26. The Morgan fingerprint density at radius 2 is 1.86 bits per heavy atom. The lowest BCUT2D eigenvalue weighted by Crippen LogP contribution is -2.33. The molecule has 4 heteroatoms. The highest BCUT2D eigenvalue weighted by molar-refractivity contribution is 7.80. The number of rotatable bonds is 4. The van der Waals surface area contributed by atoms with Crippen LogP contribution in [-0.4, -0.2) is 18.0 Å². The van der Waals surface area contributed by atoms with E-state index in [1.165, 1.54) is 0 Å². The summed E-state index contributed by atoms with van der Waals surface area (Å²) < 4.78 is 31.9. The molecule has 0 saturated heterocycles. The Morgan fingerprint density at radius 3 is 2.29 bits per heavy atom. The summed E-state index contributed by atoms with van der Waals surface area (Å²) in [6, 6.07) is 0. The van der Waals surface area contributed by atoms with E-state index in [4.69, 9.17) is 4.74 Å². The molecule has 1 rings (SSSR count). The van der Waals surface area contributed by atoms with Crippen LogP contribution in [0.15, 0.2) is 0 Å². The predicted octanol–water partition coefficient (Wildman–Crippen LogP) is 3.49. The molecule has 0 amide bonds. The normalized spacial score (nSPS) is 29.1. The molecule has 1 saturated carbocycles. The zero-order valence-electron chi connectivity index (χ0n) is 8.51. The Bertz CT molecular complexity index is 168. The van der Waals surface area contributed by atoms with Gasteiger partial charge in [-0.3, -0.25) is 0 Å². The van der Waals surface area contributed by atoms with E-state index < -0.39 is 11.8 Å². The number of ether oxygens (including phenoxy) is 1. The molecule has 1 fully saturated rings. The average molecular weight is 224 g/mol. The van der Waals surface area contributed by atoms with Crippen LogP contribution in [0.5, 0.6) is 0 Å². The first-order valence-electron chi connectivity index (χ1n) is 5.20. The SMILES string of the molecule is CCC(F)(F)C1CCC(OCS)CC1. The third kappa shape index (κ3) is 3.09. The molecule has 1 aliphatic rings. The van der Waals surface area contributed by atoms with Crippen molar-refractivity contribution in [2.75, 3.05) is 5.94 Å². The molecule has 0 atom stereocenters. The van der Waals surface area contributed by atoms with Crippen molar-refractivity contribution in [2.24, 2.45) is 5.92 Å². The first kappa shape index (κ1) is 12.2. The molecule has 0 N–H and O–H groups in total. The summed E-state index contributed by atoms with van der Waals surface area (Å²) in [4.78, 5) is 0. The molecule has 0 bridgehead atoms. The van der Waals surface area contributed by atoms with Gasteiger partial charge in [0.2, 0.25) is 0 Å². The van der Waals surface area contributed by atoms with E-state index in [1.54, 1.807) is 6.92 Å². The first-order chi connectivity index (χ1) is 6.60. The van der Waals surface area contributed by atoms with Crippen molar-refractivity contribution >= 4 is 12.6 Å². The number of thiol groups is 1. The molecular weight excluding hydrogens is 206 g/mol. The van der Waals surface area contributed by atoms with E-state index in [1.807, 2.05) is 0 Å². The lowest BCUT2D eigenvalue weighted by atomic mass is 9.82. The summed E-state index contributed by atoms with van der Waals surface area (Å²) in [7, 11) is 0. The Balaban J connectivity index is 2.35. The summed E-state index contributed by atoms with van der Waals surface area (Å²) in [6.45, 7) is 1.55. The fraction of sp³-hybridized carbons (Fsp3) is 1.00. The van der Waals surface area contributed by atoms with Crippen molar-refractivity contribution in [3.8, 4) is 0 Å². The van der Waals surface area contributed by atoms with Gasteiger partial charge in [0.15, 0.2) is 0 Å². The van der Waals surface area contributed by atoms with Crippen LogP contribution in [0.2, 0.25) is 0 Å². The molecule has 1 nitrogen and oxygen atoms in total. The van der Waals surface area contributed by atoms with Crippen molar-refractivity contribution in [2.45, 2.75) is 51.1 Å². The van der Waals surface area contributed by atoms with Gasteiger partial charge >= 0.3 is 0 Å². The van der Waals surface area contributed by atoms with Gasteiger partial charge in [-0.2, -0.15) is 12.6 Å². The molecule has 0 aromatic carbocycles. The molecule has 0 aromatic heterocycles.